The van der Waals surface area contributed by atoms with Crippen LogP contribution in [0.15, 0.2) is 88.1 Å². The molecule has 0 aliphatic carbocycles. The van der Waals surface area contributed by atoms with Gasteiger partial charge in [0.2, 0.25) is 0 Å². The molecule has 0 unspecified atom stereocenters. The molecule has 0 fully saturated rings. The van der Waals surface area contributed by atoms with E-state index in [0.717, 1.165) is 5.56 Å². The number of amides is 1. The minimum atomic E-state index is -0.522. The second kappa shape index (κ2) is 7.77. The van der Waals surface area contributed by atoms with Crippen LogP contribution in [0.3, 0.4) is 0 Å². The molecule has 31 heavy (non-hydrogen) atoms. The number of thiazole rings is 1. The van der Waals surface area contributed by atoms with Crippen LogP contribution in [-0.2, 0) is 6.54 Å². The molecule has 5 nitrogen and oxygen atoms in total. The van der Waals surface area contributed by atoms with E-state index in [0.29, 0.717) is 20.8 Å². The predicted molar refractivity (Wildman–Crippen MR) is 119 cm³/mol. The zero-order valence-corrected chi connectivity index (χ0v) is 16.9. The zero-order valence-electron chi connectivity index (χ0n) is 16.1. The Hall–Kier alpha value is -3.84. The van der Waals surface area contributed by atoms with Crippen molar-refractivity contribution >= 4 is 43.6 Å². The van der Waals surface area contributed by atoms with Crippen LogP contribution in [0.25, 0.3) is 21.2 Å². The van der Waals surface area contributed by atoms with E-state index in [1.807, 2.05) is 30.3 Å². The van der Waals surface area contributed by atoms with E-state index in [9.17, 15) is 14.0 Å². The quantitative estimate of drug-likeness (QED) is 0.384. The first-order valence-electron chi connectivity index (χ1n) is 9.54. The van der Waals surface area contributed by atoms with Gasteiger partial charge in [-0.3, -0.25) is 14.5 Å². The Balaban J connectivity index is 1.63. The van der Waals surface area contributed by atoms with Crippen LogP contribution in [0.5, 0.6) is 0 Å². The van der Waals surface area contributed by atoms with Gasteiger partial charge in [-0.25, -0.2) is 9.37 Å². The molecule has 2 heterocycles. The lowest BCUT2D eigenvalue weighted by atomic mass is 10.2. The first kappa shape index (κ1) is 19.1. The Kier molecular flexibility index (Phi) is 4.80. The van der Waals surface area contributed by atoms with Crippen molar-refractivity contribution in [3.05, 3.63) is 106 Å². The van der Waals surface area contributed by atoms with Crippen molar-refractivity contribution in [3.63, 3.8) is 0 Å². The van der Waals surface area contributed by atoms with Crippen LogP contribution < -0.4 is 10.3 Å². The van der Waals surface area contributed by atoms with Gasteiger partial charge in [-0.1, -0.05) is 59.9 Å². The van der Waals surface area contributed by atoms with Crippen LogP contribution in [-0.4, -0.2) is 10.9 Å². The van der Waals surface area contributed by atoms with E-state index in [-0.39, 0.29) is 23.3 Å². The highest BCUT2D eigenvalue weighted by atomic mass is 32.1. The number of anilines is 1. The SMILES string of the molecule is O=C(c1cc(=O)c2ccccc2o1)N(Cc1ccccc1)c1nc2c(F)cccc2s1. The summed E-state index contributed by atoms with van der Waals surface area (Å²) in [5.41, 5.74) is 1.08. The maximum atomic E-state index is 14.2. The lowest BCUT2D eigenvalue weighted by molar-refractivity contribution is 0.0959. The van der Waals surface area contributed by atoms with Crippen molar-refractivity contribution in [2.75, 3.05) is 4.90 Å². The third kappa shape index (κ3) is 3.60. The van der Waals surface area contributed by atoms with Crippen molar-refractivity contribution in [1.29, 1.82) is 0 Å². The molecule has 3 aromatic carbocycles. The predicted octanol–water partition coefficient (Wildman–Crippen LogP) is 5.39. The summed E-state index contributed by atoms with van der Waals surface area (Å²) >= 11 is 1.20. The van der Waals surface area contributed by atoms with E-state index in [1.165, 1.54) is 28.4 Å². The van der Waals surface area contributed by atoms with Crippen molar-refractivity contribution in [2.45, 2.75) is 6.54 Å². The summed E-state index contributed by atoms with van der Waals surface area (Å²) in [6, 6.07) is 22.0. The number of rotatable bonds is 4. The van der Waals surface area contributed by atoms with E-state index < -0.39 is 11.7 Å². The average molecular weight is 430 g/mol. The summed E-state index contributed by atoms with van der Waals surface area (Å²) in [5, 5.41) is 0.723. The number of carbonyl (C=O) groups is 1. The Bertz CT molecular complexity index is 1480. The largest absolute Gasteiger partial charge is 0.451 e. The number of hydrogen-bond donors (Lipinski definition) is 0. The molecule has 0 saturated carbocycles. The molecule has 0 aliphatic heterocycles. The van der Waals surface area contributed by atoms with E-state index in [1.54, 1.807) is 36.4 Å². The minimum absolute atomic E-state index is 0.0978. The molecular formula is C24H15FN2O3S. The molecule has 7 heteroatoms. The lowest BCUT2D eigenvalue weighted by Crippen LogP contribution is -2.31. The molecule has 0 radical (unpaired) electrons. The second-order valence-corrected chi connectivity index (χ2v) is 7.94. The third-order valence-electron chi connectivity index (χ3n) is 4.86. The maximum Gasteiger partial charge on any atom is 0.296 e. The maximum absolute atomic E-state index is 14.2. The number of para-hydroxylation sites is 2. The Morgan fingerprint density at radius 3 is 2.58 bits per heavy atom. The smallest absolute Gasteiger partial charge is 0.296 e. The van der Waals surface area contributed by atoms with Gasteiger partial charge < -0.3 is 4.42 Å². The number of benzene rings is 3. The highest BCUT2D eigenvalue weighted by Crippen LogP contribution is 2.32. The van der Waals surface area contributed by atoms with Crippen molar-refractivity contribution < 1.29 is 13.6 Å². The van der Waals surface area contributed by atoms with Gasteiger partial charge in [0.1, 0.15) is 16.9 Å². The summed E-state index contributed by atoms with van der Waals surface area (Å²) in [4.78, 5) is 31.8. The van der Waals surface area contributed by atoms with Crippen LogP contribution >= 0.6 is 11.3 Å². The number of aromatic nitrogens is 1. The molecule has 2 aromatic heterocycles. The molecule has 5 rings (SSSR count). The van der Waals surface area contributed by atoms with Crippen molar-refractivity contribution in [3.8, 4) is 0 Å². The van der Waals surface area contributed by atoms with Gasteiger partial charge in [0, 0.05) is 6.07 Å². The van der Waals surface area contributed by atoms with Crippen LogP contribution in [0.2, 0.25) is 0 Å². The molecule has 1 amide bonds. The van der Waals surface area contributed by atoms with Gasteiger partial charge in [0.05, 0.1) is 16.6 Å². The van der Waals surface area contributed by atoms with Crippen molar-refractivity contribution in [2.24, 2.45) is 0 Å². The number of fused-ring (bicyclic) bond motifs is 2. The zero-order chi connectivity index (χ0) is 21.4. The van der Waals surface area contributed by atoms with Crippen LogP contribution in [0.1, 0.15) is 16.1 Å². The molecule has 0 spiro atoms. The third-order valence-corrected chi connectivity index (χ3v) is 5.91. The molecule has 0 aliphatic rings. The monoisotopic (exact) mass is 430 g/mol. The fourth-order valence-electron chi connectivity index (χ4n) is 3.35. The van der Waals surface area contributed by atoms with E-state index in [2.05, 4.69) is 4.98 Å². The van der Waals surface area contributed by atoms with Crippen molar-refractivity contribution in [1.82, 2.24) is 4.98 Å². The highest BCUT2D eigenvalue weighted by Gasteiger charge is 2.25. The summed E-state index contributed by atoms with van der Waals surface area (Å²) in [7, 11) is 0. The molecule has 0 saturated heterocycles. The minimum Gasteiger partial charge on any atom is -0.451 e. The molecular weight excluding hydrogens is 415 g/mol. The number of hydrogen-bond acceptors (Lipinski definition) is 5. The van der Waals surface area contributed by atoms with Gasteiger partial charge in [0.25, 0.3) is 5.91 Å². The van der Waals surface area contributed by atoms with Gasteiger partial charge >= 0.3 is 0 Å². The number of nitrogens with zero attached hydrogens (tertiary/aromatic N) is 2. The van der Waals surface area contributed by atoms with Gasteiger partial charge in [-0.2, -0.15) is 0 Å². The average Bonchev–Trinajstić information content (AvgIpc) is 3.23. The van der Waals surface area contributed by atoms with E-state index >= 15 is 0 Å². The lowest BCUT2D eigenvalue weighted by Gasteiger charge is -2.19. The molecule has 152 valence electrons. The standard InChI is InChI=1S/C24H15FN2O3S/c25-17-10-6-12-21-22(17)26-24(31-21)27(14-15-7-2-1-3-8-15)23(29)20-13-18(28)16-9-4-5-11-19(16)30-20/h1-13H,14H2. The highest BCUT2D eigenvalue weighted by molar-refractivity contribution is 7.22. The summed E-state index contributed by atoms with van der Waals surface area (Å²) in [5.74, 6) is -1.07. The van der Waals surface area contributed by atoms with Crippen LogP contribution in [0, 0.1) is 5.82 Å². The molecule has 0 bridgehead atoms. The molecule has 0 N–H and O–H groups in total. The van der Waals surface area contributed by atoms with Gasteiger partial charge in [0.15, 0.2) is 16.3 Å². The molecule has 0 atom stereocenters. The van der Waals surface area contributed by atoms with Crippen LogP contribution in [0.4, 0.5) is 9.52 Å². The Labute approximate surface area is 180 Å². The van der Waals surface area contributed by atoms with E-state index in [4.69, 9.17) is 4.42 Å². The number of halogens is 1. The fourth-order valence-corrected chi connectivity index (χ4v) is 4.33. The summed E-state index contributed by atoms with van der Waals surface area (Å²) < 4.78 is 20.6. The first-order chi connectivity index (χ1) is 15.1. The Morgan fingerprint density at radius 1 is 1.00 bits per heavy atom. The van der Waals surface area contributed by atoms with Gasteiger partial charge in [-0.15, -0.1) is 0 Å². The second-order valence-electron chi connectivity index (χ2n) is 6.93. The first-order valence-corrected chi connectivity index (χ1v) is 10.4. The Morgan fingerprint density at radius 2 is 1.77 bits per heavy atom. The topological polar surface area (TPSA) is 63.4 Å². The normalized spacial score (nSPS) is 11.1. The van der Waals surface area contributed by atoms with Gasteiger partial charge in [-0.05, 0) is 29.8 Å². The number of carbonyl (C=O) groups excluding carboxylic acids is 1. The summed E-state index contributed by atoms with van der Waals surface area (Å²) in [6.45, 7) is 0.192. The fraction of sp³-hybridized carbons (Fsp3) is 0.0417. The molecule has 5 aromatic rings. The summed E-state index contributed by atoms with van der Waals surface area (Å²) in [6.07, 6.45) is 0.